The number of rotatable bonds is 5. The molecule has 252 valence electrons. The summed E-state index contributed by atoms with van der Waals surface area (Å²) in [6, 6.07) is 49.0. The average Bonchev–Trinajstić information content (AvgIpc) is 3.95. The molecule has 0 atom stereocenters. The summed E-state index contributed by atoms with van der Waals surface area (Å²) in [5.74, 6) is 2.34. The molecule has 0 N–H and O–H groups in total. The Morgan fingerprint density at radius 2 is 1.28 bits per heavy atom. The number of ether oxygens (including phenoxy) is 1. The molecule has 53 heavy (non-hydrogen) atoms. The third kappa shape index (κ3) is 4.28. The van der Waals surface area contributed by atoms with Gasteiger partial charge in [0.05, 0.1) is 40.3 Å². The van der Waals surface area contributed by atoms with E-state index in [9.17, 15) is 0 Å². The van der Waals surface area contributed by atoms with E-state index < -0.39 is 0 Å². The van der Waals surface area contributed by atoms with Crippen LogP contribution in [-0.2, 0) is 14.1 Å². The maximum Gasteiger partial charge on any atom is 0.243 e. The Hall–Kier alpha value is -7.12. The molecule has 6 aromatic carbocycles. The van der Waals surface area contributed by atoms with Gasteiger partial charge in [-0.3, -0.25) is 4.57 Å². The van der Waals surface area contributed by atoms with E-state index in [1.54, 1.807) is 0 Å². The molecule has 0 amide bonds. The van der Waals surface area contributed by atoms with E-state index in [0.717, 1.165) is 50.6 Å². The lowest BCUT2D eigenvalue weighted by molar-refractivity contribution is -0.599. The smallest absolute Gasteiger partial charge is 0.243 e. The molecule has 0 aliphatic carbocycles. The van der Waals surface area contributed by atoms with Crippen LogP contribution >= 0.6 is 0 Å². The SMILES string of the molecule is Cn1[c-][n+](-c2cccc(Oc3ccc4c5c6c7ccccc7n(-c7ccccc7)c6c6c7ccccc7n(C)c6c5n(-c5ccccn5)c4c3)c2)cc1. The van der Waals surface area contributed by atoms with Crippen LogP contribution < -0.4 is 9.30 Å². The minimum atomic E-state index is 0.743. The summed E-state index contributed by atoms with van der Waals surface area (Å²) in [5.41, 5.74) is 8.94. The molecule has 0 aliphatic heterocycles. The Balaban J connectivity index is 1.30. The van der Waals surface area contributed by atoms with Crippen LogP contribution in [0, 0.1) is 6.33 Å². The number of para-hydroxylation sites is 3. The van der Waals surface area contributed by atoms with Crippen molar-refractivity contribution in [2.45, 2.75) is 0 Å². The van der Waals surface area contributed by atoms with Crippen molar-refractivity contribution < 1.29 is 9.30 Å². The first kappa shape index (κ1) is 29.6. The van der Waals surface area contributed by atoms with Crippen molar-refractivity contribution in [3.63, 3.8) is 0 Å². The molecule has 0 radical (unpaired) electrons. The number of aryl methyl sites for hydroxylation is 2. The van der Waals surface area contributed by atoms with Crippen molar-refractivity contribution in [3.8, 4) is 28.7 Å². The fourth-order valence-electron chi connectivity index (χ4n) is 8.40. The van der Waals surface area contributed by atoms with E-state index >= 15 is 0 Å². The number of fused-ring (bicyclic) bond motifs is 12. The van der Waals surface area contributed by atoms with E-state index in [4.69, 9.17) is 9.72 Å². The highest BCUT2D eigenvalue weighted by Gasteiger charge is 2.28. The molecule has 11 rings (SSSR count). The Bertz CT molecular complexity index is 3220. The molecule has 7 heteroatoms. The highest BCUT2D eigenvalue weighted by atomic mass is 16.5. The molecule has 0 bridgehead atoms. The molecular formula is C46H32N6O. The fourth-order valence-corrected chi connectivity index (χ4v) is 8.40. The summed E-state index contributed by atoms with van der Waals surface area (Å²) >= 11 is 0. The predicted molar refractivity (Wildman–Crippen MR) is 213 cm³/mol. The predicted octanol–water partition coefficient (Wildman–Crippen LogP) is 10.1. The lowest BCUT2D eigenvalue weighted by atomic mass is 10.0. The standard InChI is InChI=1S/C46H32N6O/c1-48-25-26-50(29-48)31-15-12-16-32(27-31)53-33-22-23-36-39(28-33)52(40-21-10-11-24-47-40)46-42(36)41-35-18-7-9-20-38(35)51(30-13-4-3-5-14-30)44(41)43-34-17-6-8-19-37(34)49(2)45(43)46/h3-28H,1-2H3. The number of imidazole rings is 1. The van der Waals surface area contributed by atoms with Gasteiger partial charge in [-0.25, -0.2) is 4.98 Å². The highest BCUT2D eigenvalue weighted by Crippen LogP contribution is 2.49. The molecule has 0 aliphatic rings. The van der Waals surface area contributed by atoms with Gasteiger partial charge in [0.2, 0.25) is 6.33 Å². The van der Waals surface area contributed by atoms with E-state index in [-0.39, 0.29) is 0 Å². The van der Waals surface area contributed by atoms with Crippen LogP contribution in [-0.4, -0.2) is 23.3 Å². The number of pyridine rings is 1. The van der Waals surface area contributed by atoms with Gasteiger partial charge in [0.15, 0.2) is 0 Å². The maximum atomic E-state index is 6.64. The summed E-state index contributed by atoms with van der Waals surface area (Å²) in [4.78, 5) is 4.97. The van der Waals surface area contributed by atoms with Crippen LogP contribution in [0.3, 0.4) is 0 Å². The molecule has 5 heterocycles. The minimum Gasteiger partial charge on any atom is -0.458 e. The first-order valence-electron chi connectivity index (χ1n) is 17.8. The van der Waals surface area contributed by atoms with Crippen LogP contribution in [0.5, 0.6) is 11.5 Å². The molecule has 0 spiro atoms. The summed E-state index contributed by atoms with van der Waals surface area (Å²) in [6.45, 7) is 0. The summed E-state index contributed by atoms with van der Waals surface area (Å²) in [5, 5.41) is 7.18. The summed E-state index contributed by atoms with van der Waals surface area (Å²) in [6.07, 6.45) is 9.11. The lowest BCUT2D eigenvalue weighted by Crippen LogP contribution is -2.27. The Labute approximate surface area is 304 Å². The molecule has 5 aromatic heterocycles. The first-order chi connectivity index (χ1) is 26.1. The highest BCUT2D eigenvalue weighted by molar-refractivity contribution is 6.40. The largest absolute Gasteiger partial charge is 0.458 e. The number of nitrogens with zero attached hydrogens (tertiary/aromatic N) is 6. The van der Waals surface area contributed by atoms with Gasteiger partial charge in [-0.1, -0.05) is 72.8 Å². The summed E-state index contributed by atoms with van der Waals surface area (Å²) in [7, 11) is 4.15. The summed E-state index contributed by atoms with van der Waals surface area (Å²) < 4.78 is 17.7. The Morgan fingerprint density at radius 1 is 0.566 bits per heavy atom. The second-order valence-corrected chi connectivity index (χ2v) is 13.6. The van der Waals surface area contributed by atoms with Crippen molar-refractivity contribution in [3.05, 3.63) is 164 Å². The second-order valence-electron chi connectivity index (χ2n) is 13.6. The van der Waals surface area contributed by atoms with Crippen LogP contribution in [0.15, 0.2) is 158 Å². The fraction of sp³-hybridized carbons (Fsp3) is 0.0435. The van der Waals surface area contributed by atoms with Crippen LogP contribution in [0.4, 0.5) is 0 Å². The molecule has 11 aromatic rings. The third-order valence-electron chi connectivity index (χ3n) is 10.6. The zero-order valence-corrected chi connectivity index (χ0v) is 29.1. The lowest BCUT2D eigenvalue weighted by Gasteiger charge is -2.12. The molecule has 0 saturated carbocycles. The minimum absolute atomic E-state index is 0.743. The average molecular weight is 685 g/mol. The van der Waals surface area contributed by atoms with Crippen LogP contribution in [0.25, 0.3) is 82.6 Å². The van der Waals surface area contributed by atoms with Gasteiger partial charge < -0.3 is 23.0 Å². The van der Waals surface area contributed by atoms with Crippen molar-refractivity contribution in [1.82, 2.24) is 23.3 Å². The normalized spacial score (nSPS) is 12.0. The molecule has 7 nitrogen and oxygen atoms in total. The quantitative estimate of drug-likeness (QED) is 0.134. The van der Waals surface area contributed by atoms with Gasteiger partial charge in [0.1, 0.15) is 17.3 Å². The van der Waals surface area contributed by atoms with E-state index in [1.165, 1.54) is 43.5 Å². The van der Waals surface area contributed by atoms with Crippen LogP contribution in [0.1, 0.15) is 0 Å². The number of benzene rings is 6. The number of hydrogen-bond acceptors (Lipinski definition) is 2. The molecular weight excluding hydrogens is 653 g/mol. The van der Waals surface area contributed by atoms with Crippen molar-refractivity contribution >= 4 is 65.4 Å². The van der Waals surface area contributed by atoms with E-state index in [1.807, 2.05) is 59.0 Å². The van der Waals surface area contributed by atoms with Crippen LogP contribution in [0.2, 0.25) is 0 Å². The van der Waals surface area contributed by atoms with Gasteiger partial charge in [-0.2, -0.15) is 0 Å². The van der Waals surface area contributed by atoms with Crippen molar-refractivity contribution in [2.24, 2.45) is 14.1 Å². The van der Waals surface area contributed by atoms with Gasteiger partial charge in [0.25, 0.3) is 0 Å². The first-order valence-corrected chi connectivity index (χ1v) is 17.8. The molecule has 0 saturated heterocycles. The van der Waals surface area contributed by atoms with Crippen molar-refractivity contribution in [2.75, 3.05) is 0 Å². The Morgan fingerprint density at radius 3 is 2.08 bits per heavy atom. The Kier molecular flexibility index (Phi) is 6.25. The maximum absolute atomic E-state index is 6.64. The second kappa shape index (κ2) is 11.2. The van der Waals surface area contributed by atoms with E-state index in [2.05, 4.69) is 142 Å². The topological polar surface area (TPSA) is 45.7 Å². The monoisotopic (exact) mass is 684 g/mol. The zero-order chi connectivity index (χ0) is 35.2. The molecule has 0 fully saturated rings. The van der Waals surface area contributed by atoms with Gasteiger partial charge in [-0.05, 0) is 60.7 Å². The van der Waals surface area contributed by atoms with Gasteiger partial charge in [-0.15, -0.1) is 0 Å². The number of aromatic nitrogens is 6. The van der Waals surface area contributed by atoms with E-state index in [0.29, 0.717) is 0 Å². The number of hydrogen-bond donors (Lipinski definition) is 0. The van der Waals surface area contributed by atoms with Gasteiger partial charge in [0, 0.05) is 75.2 Å². The third-order valence-corrected chi connectivity index (χ3v) is 10.6. The molecule has 0 unspecified atom stereocenters. The zero-order valence-electron chi connectivity index (χ0n) is 29.1. The van der Waals surface area contributed by atoms with Gasteiger partial charge >= 0.3 is 0 Å². The van der Waals surface area contributed by atoms with Crippen molar-refractivity contribution in [1.29, 1.82) is 0 Å².